The van der Waals surface area contributed by atoms with Gasteiger partial charge in [-0.2, -0.15) is 5.10 Å². The smallest absolute Gasteiger partial charge is 0.269 e. The molecule has 2 aromatic carbocycles. The topological polar surface area (TPSA) is 114 Å². The lowest BCUT2D eigenvalue weighted by atomic mass is 10.1. The number of ketones is 1. The molecule has 0 radical (unpaired) electrons. The minimum atomic E-state index is -0.587. The van der Waals surface area contributed by atoms with Crippen molar-refractivity contribution >= 4 is 52.1 Å². The number of benzene rings is 2. The van der Waals surface area contributed by atoms with Crippen LogP contribution in [-0.2, 0) is 4.79 Å². The van der Waals surface area contributed by atoms with Crippen LogP contribution in [0, 0.1) is 10.1 Å². The van der Waals surface area contributed by atoms with Gasteiger partial charge in [0, 0.05) is 29.1 Å². The Morgan fingerprint density at radius 3 is 2.54 bits per heavy atom. The van der Waals surface area contributed by atoms with Crippen LogP contribution in [0.15, 0.2) is 58.7 Å². The zero-order chi connectivity index (χ0) is 20.1. The van der Waals surface area contributed by atoms with Crippen molar-refractivity contribution in [1.29, 1.82) is 0 Å². The summed E-state index contributed by atoms with van der Waals surface area (Å²) in [7, 11) is 0. The number of carbonyl (C=O) groups is 2. The van der Waals surface area contributed by atoms with Crippen molar-refractivity contribution in [1.82, 2.24) is 5.32 Å². The molecule has 2 aromatic rings. The summed E-state index contributed by atoms with van der Waals surface area (Å²) in [5.74, 6) is -0.475. The highest BCUT2D eigenvalue weighted by Crippen LogP contribution is 2.24. The Labute approximate surface area is 168 Å². The highest BCUT2D eigenvalue weighted by atomic mass is 35.5. The van der Waals surface area contributed by atoms with Crippen LogP contribution in [-0.4, -0.2) is 33.2 Å². The zero-order valence-electron chi connectivity index (χ0n) is 14.2. The van der Waals surface area contributed by atoms with Crippen molar-refractivity contribution in [2.45, 2.75) is 11.7 Å². The van der Waals surface area contributed by atoms with E-state index in [0.717, 1.165) is 11.8 Å². The lowest BCUT2D eigenvalue weighted by Crippen LogP contribution is -2.26. The second-order valence-electron chi connectivity index (χ2n) is 5.73. The fourth-order valence-corrected chi connectivity index (χ4v) is 3.39. The number of hydrogen-bond acceptors (Lipinski definition) is 7. The maximum atomic E-state index is 12.3. The number of nitrogens with zero attached hydrogens (tertiary/aromatic N) is 3. The molecule has 0 saturated carbocycles. The minimum absolute atomic E-state index is 0.0183. The van der Waals surface area contributed by atoms with Gasteiger partial charge in [-0.1, -0.05) is 23.4 Å². The van der Waals surface area contributed by atoms with E-state index in [-0.39, 0.29) is 29.0 Å². The summed E-state index contributed by atoms with van der Waals surface area (Å²) in [6.45, 7) is 0. The quantitative estimate of drug-likeness (QED) is 0.335. The number of nitrogens with one attached hydrogen (secondary N) is 1. The molecule has 1 amide bonds. The summed E-state index contributed by atoms with van der Waals surface area (Å²) >= 11 is 6.93. The van der Waals surface area contributed by atoms with E-state index in [1.165, 1.54) is 30.5 Å². The number of carbonyl (C=O) groups excluding carboxylic acids is 2. The summed E-state index contributed by atoms with van der Waals surface area (Å²) in [4.78, 5) is 34.5. The molecule has 1 unspecified atom stereocenters. The molecule has 10 heteroatoms. The molecule has 0 aromatic heterocycles. The molecule has 1 heterocycles. The van der Waals surface area contributed by atoms with Crippen LogP contribution in [0.3, 0.4) is 0 Å². The Bertz CT molecular complexity index is 974. The van der Waals surface area contributed by atoms with Gasteiger partial charge in [-0.15, -0.1) is 5.10 Å². The van der Waals surface area contributed by atoms with Gasteiger partial charge < -0.3 is 5.32 Å². The molecule has 0 bridgehead atoms. The summed E-state index contributed by atoms with van der Waals surface area (Å²) < 4.78 is 0. The first-order chi connectivity index (χ1) is 13.4. The molecule has 142 valence electrons. The molecular formula is C18H13ClN4O4S. The Morgan fingerprint density at radius 2 is 1.89 bits per heavy atom. The van der Waals surface area contributed by atoms with Crippen molar-refractivity contribution in [3.63, 3.8) is 0 Å². The number of thioether (sulfide) groups is 1. The molecular weight excluding hydrogens is 404 g/mol. The van der Waals surface area contributed by atoms with Crippen LogP contribution < -0.4 is 5.32 Å². The fraction of sp³-hybridized carbons (Fsp3) is 0.111. The predicted octanol–water partition coefficient (Wildman–Crippen LogP) is 3.44. The van der Waals surface area contributed by atoms with Crippen molar-refractivity contribution < 1.29 is 14.5 Å². The first-order valence-electron chi connectivity index (χ1n) is 8.04. The predicted molar refractivity (Wildman–Crippen MR) is 108 cm³/mol. The Balaban J connectivity index is 1.59. The summed E-state index contributed by atoms with van der Waals surface area (Å²) in [5, 5.41) is 21.2. The van der Waals surface area contributed by atoms with Crippen molar-refractivity contribution in [3.05, 3.63) is 74.8 Å². The van der Waals surface area contributed by atoms with E-state index in [1.807, 2.05) is 0 Å². The van der Waals surface area contributed by atoms with Crippen LogP contribution in [0.1, 0.15) is 22.3 Å². The largest absolute Gasteiger partial charge is 0.303 e. The monoisotopic (exact) mass is 416 g/mol. The van der Waals surface area contributed by atoms with E-state index in [4.69, 9.17) is 11.6 Å². The molecule has 8 nitrogen and oxygen atoms in total. The zero-order valence-corrected chi connectivity index (χ0v) is 15.8. The summed E-state index contributed by atoms with van der Waals surface area (Å²) in [5.41, 5.74) is 1.09. The first kappa shape index (κ1) is 19.7. The van der Waals surface area contributed by atoms with Gasteiger partial charge in [0.05, 0.1) is 16.4 Å². The van der Waals surface area contributed by atoms with E-state index in [2.05, 4.69) is 15.5 Å². The van der Waals surface area contributed by atoms with Crippen molar-refractivity contribution in [3.8, 4) is 0 Å². The molecule has 28 heavy (non-hydrogen) atoms. The maximum Gasteiger partial charge on any atom is 0.269 e. The van der Waals surface area contributed by atoms with E-state index in [0.29, 0.717) is 16.1 Å². The van der Waals surface area contributed by atoms with Crippen LogP contribution in [0.2, 0.25) is 5.02 Å². The van der Waals surface area contributed by atoms with Gasteiger partial charge in [0.1, 0.15) is 0 Å². The second kappa shape index (κ2) is 8.77. The number of Topliss-reactive ketones (excluding diaryl/α,β-unsaturated/α-hetero) is 1. The van der Waals surface area contributed by atoms with Gasteiger partial charge in [0.2, 0.25) is 5.91 Å². The number of nitro benzene ring substituents is 1. The minimum Gasteiger partial charge on any atom is -0.303 e. The number of non-ortho nitro benzene ring substituents is 1. The third-order valence-corrected chi connectivity index (χ3v) is 5.10. The van der Waals surface area contributed by atoms with Gasteiger partial charge in [-0.05, 0) is 42.0 Å². The van der Waals surface area contributed by atoms with E-state index >= 15 is 0 Å². The molecule has 1 aliphatic heterocycles. The third kappa shape index (κ3) is 5.02. The van der Waals surface area contributed by atoms with Crippen LogP contribution >= 0.6 is 23.4 Å². The van der Waals surface area contributed by atoms with Crippen LogP contribution in [0.4, 0.5) is 5.69 Å². The number of nitro groups is 1. The number of amidine groups is 1. The highest BCUT2D eigenvalue weighted by molar-refractivity contribution is 8.15. The average Bonchev–Trinajstić information content (AvgIpc) is 3.02. The van der Waals surface area contributed by atoms with E-state index in [9.17, 15) is 19.7 Å². The molecule has 3 rings (SSSR count). The second-order valence-corrected chi connectivity index (χ2v) is 7.36. The molecule has 1 fully saturated rings. The van der Waals surface area contributed by atoms with Gasteiger partial charge in [-0.25, -0.2) is 0 Å². The lowest BCUT2D eigenvalue weighted by molar-refractivity contribution is -0.384. The Hall–Kier alpha value is -3.04. The summed E-state index contributed by atoms with van der Waals surface area (Å²) in [6, 6.07) is 12.3. The molecule has 1 atom stereocenters. The van der Waals surface area contributed by atoms with Gasteiger partial charge in [0.15, 0.2) is 11.0 Å². The Kier molecular flexibility index (Phi) is 6.17. The van der Waals surface area contributed by atoms with Crippen LogP contribution in [0.25, 0.3) is 0 Å². The van der Waals surface area contributed by atoms with Gasteiger partial charge >= 0.3 is 0 Å². The summed E-state index contributed by atoms with van der Waals surface area (Å²) in [6.07, 6.45) is 1.44. The Morgan fingerprint density at radius 1 is 1.21 bits per heavy atom. The number of amides is 1. The SMILES string of the molecule is O=C(CC1S/C(=N/N=C/c2ccc([N+](=O)[O-])cc2)NC1=O)c1ccc(Cl)cc1. The molecule has 1 aliphatic rings. The van der Waals surface area contributed by atoms with Gasteiger partial charge in [0.25, 0.3) is 5.69 Å². The number of hydrogen-bond donors (Lipinski definition) is 1. The average molecular weight is 417 g/mol. The third-order valence-electron chi connectivity index (χ3n) is 3.77. The van der Waals surface area contributed by atoms with Gasteiger partial charge in [-0.3, -0.25) is 19.7 Å². The molecule has 1 N–H and O–H groups in total. The van der Waals surface area contributed by atoms with Crippen molar-refractivity contribution in [2.75, 3.05) is 0 Å². The normalized spacial score (nSPS) is 17.8. The molecule has 0 aliphatic carbocycles. The fourth-order valence-electron chi connectivity index (χ4n) is 2.34. The van der Waals surface area contributed by atoms with Crippen molar-refractivity contribution in [2.24, 2.45) is 10.2 Å². The van der Waals surface area contributed by atoms with E-state index < -0.39 is 10.2 Å². The lowest BCUT2D eigenvalue weighted by Gasteiger charge is -2.04. The first-order valence-corrected chi connectivity index (χ1v) is 9.30. The standard InChI is InChI=1S/C18H13ClN4O4S/c19-13-5-3-12(4-6-13)15(24)9-16-17(25)21-18(28-16)22-20-10-11-1-7-14(8-2-11)23(26)27/h1-8,10,16H,9H2,(H,21,22,25)/b20-10+. The molecule has 1 saturated heterocycles. The van der Waals surface area contributed by atoms with E-state index in [1.54, 1.807) is 24.3 Å². The maximum absolute atomic E-state index is 12.3. The highest BCUT2D eigenvalue weighted by Gasteiger charge is 2.32. The number of halogens is 1. The van der Waals surface area contributed by atoms with Crippen LogP contribution in [0.5, 0.6) is 0 Å². The number of rotatable bonds is 6. The molecule has 0 spiro atoms.